The standard InChI is InChI=1S/C13H22N2O2/c1-10-13(17)15(8-7-12(16)14-10)9-11-5-3-2-4-6-11/h10-11H,2-9H2,1H3,(H,14,16). The number of amides is 2. The average Bonchev–Trinajstić information content (AvgIpc) is 2.44. The summed E-state index contributed by atoms with van der Waals surface area (Å²) in [6, 6.07) is -0.353. The van der Waals surface area contributed by atoms with E-state index in [4.69, 9.17) is 0 Å². The minimum Gasteiger partial charge on any atom is -0.345 e. The van der Waals surface area contributed by atoms with Gasteiger partial charge in [-0.3, -0.25) is 9.59 Å². The Labute approximate surface area is 103 Å². The minimum atomic E-state index is -0.353. The van der Waals surface area contributed by atoms with Crippen LogP contribution in [0.3, 0.4) is 0 Å². The predicted molar refractivity (Wildman–Crippen MR) is 65.4 cm³/mol. The fraction of sp³-hybridized carbons (Fsp3) is 0.846. The third-order valence-corrected chi connectivity index (χ3v) is 3.87. The van der Waals surface area contributed by atoms with Crippen molar-refractivity contribution in [3.63, 3.8) is 0 Å². The maximum Gasteiger partial charge on any atom is 0.244 e. The molecular formula is C13H22N2O2. The molecule has 4 nitrogen and oxygen atoms in total. The molecule has 96 valence electrons. The molecule has 2 rings (SSSR count). The molecule has 2 aliphatic rings. The highest BCUT2D eigenvalue weighted by molar-refractivity contribution is 5.89. The van der Waals surface area contributed by atoms with E-state index in [9.17, 15) is 9.59 Å². The molecule has 2 amide bonds. The molecule has 0 aromatic carbocycles. The molecule has 1 aliphatic heterocycles. The van der Waals surface area contributed by atoms with Gasteiger partial charge in [-0.05, 0) is 25.7 Å². The Hall–Kier alpha value is -1.06. The van der Waals surface area contributed by atoms with Crippen molar-refractivity contribution >= 4 is 11.8 Å². The fourth-order valence-corrected chi connectivity index (χ4v) is 2.86. The van der Waals surface area contributed by atoms with E-state index >= 15 is 0 Å². The molecule has 0 radical (unpaired) electrons. The van der Waals surface area contributed by atoms with Gasteiger partial charge in [-0.15, -0.1) is 0 Å². The van der Waals surface area contributed by atoms with Crippen molar-refractivity contribution in [3.8, 4) is 0 Å². The summed E-state index contributed by atoms with van der Waals surface area (Å²) in [5.74, 6) is 0.728. The van der Waals surface area contributed by atoms with Crippen molar-refractivity contribution in [1.29, 1.82) is 0 Å². The summed E-state index contributed by atoms with van der Waals surface area (Å²) < 4.78 is 0. The number of carbonyl (C=O) groups excluding carboxylic acids is 2. The Morgan fingerprint density at radius 2 is 1.94 bits per heavy atom. The highest BCUT2D eigenvalue weighted by Crippen LogP contribution is 2.24. The molecule has 17 heavy (non-hydrogen) atoms. The van der Waals surface area contributed by atoms with Crippen LogP contribution in [0.2, 0.25) is 0 Å². The van der Waals surface area contributed by atoms with Crippen LogP contribution in [0.25, 0.3) is 0 Å². The van der Waals surface area contributed by atoms with E-state index in [-0.39, 0.29) is 17.9 Å². The third kappa shape index (κ3) is 3.20. The van der Waals surface area contributed by atoms with Gasteiger partial charge in [0.25, 0.3) is 0 Å². The molecular weight excluding hydrogens is 216 g/mol. The Morgan fingerprint density at radius 1 is 1.24 bits per heavy atom. The number of rotatable bonds is 2. The first-order valence-corrected chi connectivity index (χ1v) is 6.75. The van der Waals surface area contributed by atoms with E-state index in [1.165, 1.54) is 32.1 Å². The molecule has 0 bridgehead atoms. The van der Waals surface area contributed by atoms with E-state index in [2.05, 4.69) is 5.32 Å². The lowest BCUT2D eigenvalue weighted by Crippen LogP contribution is -2.44. The zero-order chi connectivity index (χ0) is 12.3. The van der Waals surface area contributed by atoms with Crippen molar-refractivity contribution in [2.45, 2.75) is 51.5 Å². The summed E-state index contributed by atoms with van der Waals surface area (Å²) in [4.78, 5) is 25.4. The number of hydrogen-bond acceptors (Lipinski definition) is 2. The summed E-state index contributed by atoms with van der Waals surface area (Å²) in [7, 11) is 0. The van der Waals surface area contributed by atoms with Crippen molar-refractivity contribution < 1.29 is 9.59 Å². The summed E-state index contributed by atoms with van der Waals surface area (Å²) in [6.07, 6.45) is 6.83. The van der Waals surface area contributed by atoms with Gasteiger partial charge in [0.15, 0.2) is 0 Å². The molecule has 1 heterocycles. The predicted octanol–water partition coefficient (Wildman–Crippen LogP) is 1.30. The lowest BCUT2D eigenvalue weighted by Gasteiger charge is -2.29. The van der Waals surface area contributed by atoms with Crippen LogP contribution in [0, 0.1) is 5.92 Å². The quantitative estimate of drug-likeness (QED) is 0.788. The van der Waals surface area contributed by atoms with Gasteiger partial charge in [-0.2, -0.15) is 0 Å². The van der Waals surface area contributed by atoms with Gasteiger partial charge in [0.2, 0.25) is 11.8 Å². The third-order valence-electron chi connectivity index (χ3n) is 3.87. The first kappa shape index (κ1) is 12.4. The van der Waals surface area contributed by atoms with E-state index in [0.717, 1.165) is 6.54 Å². The van der Waals surface area contributed by atoms with E-state index in [0.29, 0.717) is 18.9 Å². The molecule has 2 fully saturated rings. The topological polar surface area (TPSA) is 49.4 Å². The Kier molecular flexibility index (Phi) is 4.02. The van der Waals surface area contributed by atoms with E-state index in [1.54, 1.807) is 6.92 Å². The van der Waals surface area contributed by atoms with Crippen molar-refractivity contribution in [2.24, 2.45) is 5.92 Å². The molecule has 1 unspecified atom stereocenters. The average molecular weight is 238 g/mol. The molecule has 1 saturated carbocycles. The van der Waals surface area contributed by atoms with Crippen LogP contribution in [-0.2, 0) is 9.59 Å². The van der Waals surface area contributed by atoms with Crippen LogP contribution >= 0.6 is 0 Å². The van der Waals surface area contributed by atoms with Crippen LogP contribution in [0.4, 0.5) is 0 Å². The lowest BCUT2D eigenvalue weighted by atomic mass is 9.89. The van der Waals surface area contributed by atoms with Crippen molar-refractivity contribution in [2.75, 3.05) is 13.1 Å². The summed E-state index contributed by atoms with van der Waals surface area (Å²) in [6.45, 7) is 3.21. The van der Waals surface area contributed by atoms with Crippen LogP contribution in [0.5, 0.6) is 0 Å². The molecule has 4 heteroatoms. The van der Waals surface area contributed by atoms with Crippen LogP contribution < -0.4 is 5.32 Å². The highest BCUT2D eigenvalue weighted by atomic mass is 16.2. The Morgan fingerprint density at radius 3 is 2.65 bits per heavy atom. The van der Waals surface area contributed by atoms with Gasteiger partial charge in [-0.1, -0.05) is 19.3 Å². The summed E-state index contributed by atoms with van der Waals surface area (Å²) in [5.41, 5.74) is 0. The second-order valence-electron chi connectivity index (χ2n) is 5.33. The van der Waals surface area contributed by atoms with Gasteiger partial charge in [0, 0.05) is 19.5 Å². The normalized spacial score (nSPS) is 27.8. The number of nitrogens with zero attached hydrogens (tertiary/aromatic N) is 1. The van der Waals surface area contributed by atoms with Gasteiger partial charge >= 0.3 is 0 Å². The summed E-state index contributed by atoms with van der Waals surface area (Å²) >= 11 is 0. The smallest absolute Gasteiger partial charge is 0.244 e. The molecule has 1 atom stereocenters. The highest BCUT2D eigenvalue weighted by Gasteiger charge is 2.28. The molecule has 0 aromatic rings. The van der Waals surface area contributed by atoms with Gasteiger partial charge in [0.05, 0.1) is 0 Å². The Balaban J connectivity index is 1.93. The largest absolute Gasteiger partial charge is 0.345 e. The monoisotopic (exact) mass is 238 g/mol. The second kappa shape index (κ2) is 5.52. The van der Waals surface area contributed by atoms with E-state index in [1.807, 2.05) is 4.90 Å². The fourth-order valence-electron chi connectivity index (χ4n) is 2.86. The zero-order valence-corrected chi connectivity index (χ0v) is 10.6. The van der Waals surface area contributed by atoms with E-state index < -0.39 is 0 Å². The number of hydrogen-bond donors (Lipinski definition) is 1. The minimum absolute atomic E-state index is 0.00278. The Bertz CT molecular complexity index is 298. The molecule has 1 saturated heterocycles. The first-order chi connectivity index (χ1) is 8.16. The maximum absolute atomic E-state index is 12.1. The first-order valence-electron chi connectivity index (χ1n) is 6.75. The molecule has 0 aromatic heterocycles. The SMILES string of the molecule is CC1NC(=O)CCN(CC2CCCCC2)C1=O. The van der Waals surface area contributed by atoms with Crippen molar-refractivity contribution in [3.05, 3.63) is 0 Å². The zero-order valence-electron chi connectivity index (χ0n) is 10.6. The van der Waals surface area contributed by atoms with Crippen molar-refractivity contribution in [1.82, 2.24) is 10.2 Å². The van der Waals surface area contributed by atoms with Gasteiger partial charge in [-0.25, -0.2) is 0 Å². The maximum atomic E-state index is 12.1. The van der Waals surface area contributed by atoms with Gasteiger partial charge < -0.3 is 10.2 Å². The molecule has 0 spiro atoms. The van der Waals surface area contributed by atoms with Crippen LogP contribution in [0.15, 0.2) is 0 Å². The second-order valence-corrected chi connectivity index (χ2v) is 5.33. The number of nitrogens with one attached hydrogen (secondary N) is 1. The molecule has 1 aliphatic carbocycles. The van der Waals surface area contributed by atoms with Crippen LogP contribution in [-0.4, -0.2) is 35.8 Å². The number of carbonyl (C=O) groups is 2. The molecule has 1 N–H and O–H groups in total. The van der Waals surface area contributed by atoms with Crippen LogP contribution in [0.1, 0.15) is 45.4 Å². The summed E-state index contributed by atoms with van der Waals surface area (Å²) in [5, 5.41) is 2.73. The van der Waals surface area contributed by atoms with Gasteiger partial charge in [0.1, 0.15) is 6.04 Å². The lowest BCUT2D eigenvalue weighted by molar-refractivity contribution is -0.133.